The molecule has 0 bridgehead atoms. The molecule has 5 nitrogen and oxygen atoms in total. The molecule has 0 atom stereocenters. The van der Waals surface area contributed by atoms with Crippen molar-refractivity contribution in [1.82, 2.24) is 10.1 Å². The lowest BCUT2D eigenvalue weighted by Crippen LogP contribution is -1.97. The first-order valence-corrected chi connectivity index (χ1v) is 10.9. The molecule has 0 amide bonds. The molecule has 0 aliphatic rings. The number of nitrogens with zero attached hydrogens (tertiary/aromatic N) is 2. The summed E-state index contributed by atoms with van der Waals surface area (Å²) in [6, 6.07) is 7.90. The minimum absolute atomic E-state index is 0.0101. The molecule has 0 saturated heterocycles. The van der Waals surface area contributed by atoms with Gasteiger partial charge in [-0.3, -0.25) is 4.79 Å². The molecule has 0 fully saturated rings. The van der Waals surface area contributed by atoms with Gasteiger partial charge in [0.05, 0.1) is 6.20 Å². The summed E-state index contributed by atoms with van der Waals surface area (Å²) in [5, 5.41) is 3.66. The second-order valence-electron chi connectivity index (χ2n) is 8.06. The first-order chi connectivity index (χ1) is 15.4. The Bertz CT molecular complexity index is 1130. The van der Waals surface area contributed by atoms with Gasteiger partial charge in [-0.25, -0.2) is 4.98 Å². The Hall–Kier alpha value is -3.47. The predicted octanol–water partition coefficient (Wildman–Crippen LogP) is 7.16. The Labute approximate surface area is 189 Å². The van der Waals surface area contributed by atoms with Crippen molar-refractivity contribution in [2.45, 2.75) is 53.4 Å². The van der Waals surface area contributed by atoms with Crippen molar-refractivity contribution in [3.63, 3.8) is 0 Å². The lowest BCUT2D eigenvalue weighted by molar-refractivity contribution is 0.0975. The van der Waals surface area contributed by atoms with Crippen molar-refractivity contribution in [3.8, 4) is 11.3 Å². The summed E-state index contributed by atoms with van der Waals surface area (Å²) < 4.78 is 10.7. The van der Waals surface area contributed by atoms with Crippen LogP contribution in [-0.4, -0.2) is 15.9 Å². The van der Waals surface area contributed by atoms with Crippen molar-refractivity contribution in [3.05, 3.63) is 88.8 Å². The zero-order valence-electron chi connectivity index (χ0n) is 19.2. The molecule has 0 aliphatic heterocycles. The van der Waals surface area contributed by atoms with Crippen molar-refractivity contribution in [2.75, 3.05) is 0 Å². The van der Waals surface area contributed by atoms with Crippen LogP contribution in [0.1, 0.15) is 67.5 Å². The second kappa shape index (κ2) is 11.2. The number of rotatable bonds is 10. The molecule has 0 spiro atoms. The van der Waals surface area contributed by atoms with Crippen molar-refractivity contribution < 1.29 is 13.7 Å². The van der Waals surface area contributed by atoms with E-state index in [2.05, 4.69) is 74.3 Å². The largest absolute Gasteiger partial charge is 0.441 e. The molecule has 5 heteroatoms. The molecule has 0 N–H and O–H groups in total. The van der Waals surface area contributed by atoms with E-state index in [9.17, 15) is 4.79 Å². The smallest absolute Gasteiger partial charge is 0.195 e. The molecule has 2 aromatic heterocycles. The zero-order chi connectivity index (χ0) is 22.9. The highest BCUT2D eigenvalue weighted by molar-refractivity contribution is 5.93. The Morgan fingerprint density at radius 2 is 1.91 bits per heavy atom. The molecular formula is C27H30N2O3. The van der Waals surface area contributed by atoms with Crippen LogP contribution in [0.4, 0.5) is 0 Å². The summed E-state index contributed by atoms with van der Waals surface area (Å²) >= 11 is 0. The Morgan fingerprint density at radius 3 is 2.66 bits per heavy atom. The SMILES string of the molecule is CC(C)=C(C)/C=C\c1cc(-c2cnc(CC/C=C/CCC(=O)c3ccon3)o2)ccc1C. The van der Waals surface area contributed by atoms with Gasteiger partial charge in [0.1, 0.15) is 12.0 Å². The van der Waals surface area contributed by atoms with Crippen LogP contribution in [0.5, 0.6) is 0 Å². The Kier molecular flexibility index (Phi) is 8.14. The van der Waals surface area contributed by atoms with E-state index < -0.39 is 0 Å². The second-order valence-corrected chi connectivity index (χ2v) is 8.06. The maximum Gasteiger partial charge on any atom is 0.195 e. The molecule has 3 aromatic rings. The van der Waals surface area contributed by atoms with Crippen LogP contribution < -0.4 is 0 Å². The molecule has 166 valence electrons. The van der Waals surface area contributed by atoms with Gasteiger partial charge in [-0.15, -0.1) is 0 Å². The summed E-state index contributed by atoms with van der Waals surface area (Å²) in [6.07, 6.45) is 14.2. The molecule has 0 radical (unpaired) electrons. The highest BCUT2D eigenvalue weighted by Crippen LogP contribution is 2.25. The number of oxazole rings is 1. The van der Waals surface area contributed by atoms with Gasteiger partial charge in [-0.1, -0.05) is 52.7 Å². The van der Waals surface area contributed by atoms with Crippen LogP contribution in [0.3, 0.4) is 0 Å². The first kappa shape index (κ1) is 23.2. The third-order valence-corrected chi connectivity index (χ3v) is 5.37. The summed E-state index contributed by atoms with van der Waals surface area (Å²) in [4.78, 5) is 16.3. The van der Waals surface area contributed by atoms with Gasteiger partial charge in [0.2, 0.25) is 0 Å². The molecule has 0 unspecified atom stereocenters. The van der Waals surface area contributed by atoms with Gasteiger partial charge < -0.3 is 8.94 Å². The predicted molar refractivity (Wildman–Crippen MR) is 127 cm³/mol. The number of allylic oxidation sites excluding steroid dienone is 5. The molecule has 0 saturated carbocycles. The van der Waals surface area contributed by atoms with E-state index in [0.717, 1.165) is 17.7 Å². The van der Waals surface area contributed by atoms with Crippen molar-refractivity contribution in [2.24, 2.45) is 0 Å². The summed E-state index contributed by atoms with van der Waals surface area (Å²) in [5.74, 6) is 1.47. The molecule has 32 heavy (non-hydrogen) atoms. The average Bonchev–Trinajstić information content (AvgIpc) is 3.47. The fourth-order valence-corrected chi connectivity index (χ4v) is 3.06. The third kappa shape index (κ3) is 6.51. The summed E-state index contributed by atoms with van der Waals surface area (Å²) in [7, 11) is 0. The standard InChI is InChI=1S/C27H30N2O3/c1-19(2)20(3)11-13-22-17-23(14-12-21(22)4)26-18-28-27(32-26)10-8-6-5-7-9-25(30)24-15-16-31-29-24/h5-6,11-18H,7-10H2,1-4H3/b6-5+,13-11-. The number of aromatic nitrogens is 2. The maximum absolute atomic E-state index is 11.9. The van der Waals surface area contributed by atoms with Crippen LogP contribution >= 0.6 is 0 Å². The highest BCUT2D eigenvalue weighted by atomic mass is 16.5. The van der Waals surface area contributed by atoms with Crippen molar-refractivity contribution >= 4 is 11.9 Å². The number of hydrogen-bond donors (Lipinski definition) is 0. The molecular weight excluding hydrogens is 400 g/mol. The lowest BCUT2D eigenvalue weighted by Gasteiger charge is -2.04. The molecule has 1 aromatic carbocycles. The number of hydrogen-bond acceptors (Lipinski definition) is 5. The fraction of sp³-hybridized carbons (Fsp3) is 0.296. The van der Waals surface area contributed by atoms with Crippen LogP contribution in [0.25, 0.3) is 17.4 Å². The zero-order valence-corrected chi connectivity index (χ0v) is 19.2. The van der Waals surface area contributed by atoms with Crippen LogP contribution in [-0.2, 0) is 6.42 Å². The van der Waals surface area contributed by atoms with Gasteiger partial charge in [0.15, 0.2) is 17.4 Å². The van der Waals surface area contributed by atoms with Gasteiger partial charge in [-0.2, -0.15) is 0 Å². The van der Waals surface area contributed by atoms with E-state index in [1.807, 2.05) is 6.08 Å². The van der Waals surface area contributed by atoms with E-state index in [1.165, 1.54) is 28.5 Å². The quantitative estimate of drug-likeness (QED) is 0.194. The Morgan fingerprint density at radius 1 is 1.09 bits per heavy atom. The van der Waals surface area contributed by atoms with E-state index in [1.54, 1.807) is 12.3 Å². The van der Waals surface area contributed by atoms with Crippen LogP contribution in [0.2, 0.25) is 0 Å². The van der Waals surface area contributed by atoms with E-state index in [-0.39, 0.29) is 5.78 Å². The van der Waals surface area contributed by atoms with Crippen LogP contribution in [0, 0.1) is 6.92 Å². The minimum Gasteiger partial charge on any atom is -0.441 e. The third-order valence-electron chi connectivity index (χ3n) is 5.37. The highest BCUT2D eigenvalue weighted by Gasteiger charge is 2.08. The normalized spacial score (nSPS) is 11.5. The minimum atomic E-state index is -0.0101. The van der Waals surface area contributed by atoms with E-state index >= 15 is 0 Å². The number of carbonyl (C=O) groups excluding carboxylic acids is 1. The van der Waals surface area contributed by atoms with E-state index in [0.29, 0.717) is 30.8 Å². The van der Waals surface area contributed by atoms with E-state index in [4.69, 9.17) is 8.94 Å². The van der Waals surface area contributed by atoms with Crippen molar-refractivity contribution in [1.29, 1.82) is 0 Å². The van der Waals surface area contributed by atoms with Gasteiger partial charge >= 0.3 is 0 Å². The maximum atomic E-state index is 11.9. The average molecular weight is 431 g/mol. The van der Waals surface area contributed by atoms with Gasteiger partial charge in [-0.05, 0) is 57.7 Å². The first-order valence-electron chi connectivity index (χ1n) is 10.9. The molecule has 3 rings (SSSR count). The topological polar surface area (TPSA) is 69.1 Å². The number of aryl methyl sites for hydroxylation is 2. The number of carbonyl (C=O) groups is 1. The summed E-state index contributed by atoms with van der Waals surface area (Å²) in [6.45, 7) is 8.47. The summed E-state index contributed by atoms with van der Waals surface area (Å²) in [5.41, 5.74) is 6.37. The number of Topliss-reactive ketones (excluding diaryl/α,β-unsaturated/α-hetero) is 1. The van der Waals surface area contributed by atoms with Gasteiger partial charge in [0.25, 0.3) is 0 Å². The molecule has 2 heterocycles. The molecule has 0 aliphatic carbocycles. The monoisotopic (exact) mass is 430 g/mol. The van der Waals surface area contributed by atoms with Crippen LogP contribution in [0.15, 0.2) is 75.0 Å². The Balaban J connectivity index is 1.53. The number of ketones is 1. The number of benzene rings is 1. The fourth-order valence-electron chi connectivity index (χ4n) is 3.06. The lowest BCUT2D eigenvalue weighted by atomic mass is 10.0. The van der Waals surface area contributed by atoms with Gasteiger partial charge in [0, 0.05) is 24.5 Å².